The number of halogens is 1. The zero-order valence-corrected chi connectivity index (χ0v) is 12.4. The number of carbonyl (C=O) groups is 1. The Morgan fingerprint density at radius 3 is 2.52 bits per heavy atom. The Balaban J connectivity index is 2.14. The van der Waals surface area contributed by atoms with E-state index in [0.29, 0.717) is 11.4 Å². The van der Waals surface area contributed by atoms with Crippen LogP contribution in [0.4, 0.5) is 11.4 Å². The summed E-state index contributed by atoms with van der Waals surface area (Å²) in [5, 5.41) is 2.77. The predicted octanol–water partition coefficient (Wildman–Crippen LogP) is 1.75. The second kappa shape index (κ2) is 6.06. The molecule has 0 fully saturated rings. The highest BCUT2D eigenvalue weighted by molar-refractivity contribution is 7.92. The third kappa shape index (κ3) is 4.69. The van der Waals surface area contributed by atoms with Gasteiger partial charge in [-0.05, 0) is 18.2 Å². The average molecular weight is 327 g/mol. The van der Waals surface area contributed by atoms with Crippen LogP contribution in [0.15, 0.2) is 36.7 Å². The van der Waals surface area contributed by atoms with Crippen LogP contribution in [0.2, 0.25) is 5.15 Å². The Hall–Kier alpha value is -2.19. The number of rotatable bonds is 4. The Kier molecular flexibility index (Phi) is 4.39. The highest BCUT2D eigenvalue weighted by Gasteiger charge is 2.09. The van der Waals surface area contributed by atoms with Gasteiger partial charge in [0.15, 0.2) is 0 Å². The second-order valence-corrected chi connectivity index (χ2v) is 6.27. The van der Waals surface area contributed by atoms with Crippen molar-refractivity contribution in [3.8, 4) is 0 Å². The lowest BCUT2D eigenvalue weighted by atomic mass is 10.3. The van der Waals surface area contributed by atoms with E-state index in [0.717, 1.165) is 6.26 Å². The number of sulfonamides is 1. The third-order valence-electron chi connectivity index (χ3n) is 2.28. The van der Waals surface area contributed by atoms with E-state index < -0.39 is 15.9 Å². The lowest BCUT2D eigenvalue weighted by molar-refractivity contribution is 0.102. The van der Waals surface area contributed by atoms with Crippen molar-refractivity contribution in [3.05, 3.63) is 47.5 Å². The number of benzene rings is 1. The van der Waals surface area contributed by atoms with Gasteiger partial charge in [-0.1, -0.05) is 17.7 Å². The van der Waals surface area contributed by atoms with Crippen LogP contribution in [0.1, 0.15) is 10.5 Å². The number of hydrogen-bond donors (Lipinski definition) is 2. The van der Waals surface area contributed by atoms with Gasteiger partial charge in [0.2, 0.25) is 10.0 Å². The molecule has 1 heterocycles. The molecule has 2 rings (SSSR count). The van der Waals surface area contributed by atoms with Crippen molar-refractivity contribution in [2.24, 2.45) is 0 Å². The van der Waals surface area contributed by atoms with Gasteiger partial charge in [0.1, 0.15) is 10.8 Å². The topological polar surface area (TPSA) is 101 Å². The lowest BCUT2D eigenvalue weighted by Crippen LogP contribution is -2.14. The molecule has 0 saturated heterocycles. The standard InChI is InChI=1S/C12H11ClN4O3S/c1-21(19,20)17-9-4-2-3-8(5-9)16-12(18)10-6-15-11(13)7-14-10/h2-7,17H,1H3,(H,16,18). The zero-order valence-electron chi connectivity index (χ0n) is 10.9. The van der Waals surface area contributed by atoms with Crippen LogP contribution >= 0.6 is 11.6 Å². The quantitative estimate of drug-likeness (QED) is 0.891. The highest BCUT2D eigenvalue weighted by Crippen LogP contribution is 2.16. The summed E-state index contributed by atoms with van der Waals surface area (Å²) in [7, 11) is -3.38. The van der Waals surface area contributed by atoms with Gasteiger partial charge in [-0.25, -0.2) is 18.4 Å². The number of nitrogens with zero attached hydrogens (tertiary/aromatic N) is 2. The van der Waals surface area contributed by atoms with Crippen molar-refractivity contribution in [3.63, 3.8) is 0 Å². The first-order chi connectivity index (χ1) is 9.83. The molecule has 0 aliphatic carbocycles. The Morgan fingerprint density at radius 2 is 1.90 bits per heavy atom. The Morgan fingerprint density at radius 1 is 1.19 bits per heavy atom. The van der Waals surface area contributed by atoms with Gasteiger partial charge in [-0.2, -0.15) is 0 Å². The molecule has 0 saturated carbocycles. The van der Waals surface area contributed by atoms with E-state index in [2.05, 4.69) is 20.0 Å². The number of aromatic nitrogens is 2. The normalized spacial score (nSPS) is 11.0. The number of nitrogens with one attached hydrogen (secondary N) is 2. The lowest BCUT2D eigenvalue weighted by Gasteiger charge is -2.08. The van der Waals surface area contributed by atoms with Crippen molar-refractivity contribution in [1.82, 2.24) is 9.97 Å². The van der Waals surface area contributed by atoms with E-state index in [9.17, 15) is 13.2 Å². The minimum atomic E-state index is -3.38. The molecular formula is C12H11ClN4O3S. The maximum absolute atomic E-state index is 11.9. The van der Waals surface area contributed by atoms with Gasteiger partial charge >= 0.3 is 0 Å². The van der Waals surface area contributed by atoms with Crippen LogP contribution in [0.5, 0.6) is 0 Å². The minimum absolute atomic E-state index is 0.0980. The van der Waals surface area contributed by atoms with Gasteiger partial charge in [-0.15, -0.1) is 0 Å². The molecule has 21 heavy (non-hydrogen) atoms. The molecule has 0 atom stereocenters. The molecule has 1 amide bonds. The first kappa shape index (κ1) is 15.2. The van der Waals surface area contributed by atoms with E-state index in [4.69, 9.17) is 11.6 Å². The number of anilines is 2. The van der Waals surface area contributed by atoms with Crippen molar-refractivity contribution in [2.45, 2.75) is 0 Å². The van der Waals surface area contributed by atoms with Crippen LogP contribution in [0, 0.1) is 0 Å². The van der Waals surface area contributed by atoms with Crippen LogP contribution in [-0.2, 0) is 10.0 Å². The summed E-state index contributed by atoms with van der Waals surface area (Å²) in [6, 6.07) is 6.28. The number of amides is 1. The summed E-state index contributed by atoms with van der Waals surface area (Å²) in [5.74, 6) is -0.476. The van der Waals surface area contributed by atoms with Gasteiger partial charge in [-0.3, -0.25) is 9.52 Å². The highest BCUT2D eigenvalue weighted by atomic mass is 35.5. The summed E-state index contributed by atoms with van der Waals surface area (Å²) < 4.78 is 24.6. The maximum atomic E-state index is 11.9. The molecule has 0 aliphatic rings. The predicted molar refractivity (Wildman–Crippen MR) is 79.9 cm³/mol. The van der Waals surface area contributed by atoms with E-state index in [-0.39, 0.29) is 10.8 Å². The van der Waals surface area contributed by atoms with Crippen LogP contribution < -0.4 is 10.0 Å². The summed E-state index contributed by atoms with van der Waals surface area (Å²) in [6.07, 6.45) is 3.55. The number of carbonyl (C=O) groups excluding carboxylic acids is 1. The van der Waals surface area contributed by atoms with E-state index in [1.54, 1.807) is 18.2 Å². The maximum Gasteiger partial charge on any atom is 0.275 e. The van der Waals surface area contributed by atoms with Crippen LogP contribution in [0.3, 0.4) is 0 Å². The molecule has 0 unspecified atom stereocenters. The monoisotopic (exact) mass is 326 g/mol. The van der Waals surface area contributed by atoms with Crippen molar-refractivity contribution in [1.29, 1.82) is 0 Å². The fourth-order valence-corrected chi connectivity index (χ4v) is 2.15. The first-order valence-corrected chi connectivity index (χ1v) is 7.97. The van der Waals surface area contributed by atoms with E-state index in [1.165, 1.54) is 18.5 Å². The van der Waals surface area contributed by atoms with Crippen molar-refractivity contribution >= 4 is 38.9 Å². The van der Waals surface area contributed by atoms with Gasteiger partial charge in [0.05, 0.1) is 24.3 Å². The minimum Gasteiger partial charge on any atom is -0.321 e. The molecule has 0 radical (unpaired) electrons. The van der Waals surface area contributed by atoms with E-state index in [1.807, 2.05) is 0 Å². The summed E-state index contributed by atoms with van der Waals surface area (Å²) >= 11 is 5.59. The summed E-state index contributed by atoms with van der Waals surface area (Å²) in [4.78, 5) is 19.5. The Bertz CT molecular complexity index is 762. The summed E-state index contributed by atoms with van der Waals surface area (Å²) in [5.41, 5.74) is 0.865. The molecule has 0 bridgehead atoms. The van der Waals surface area contributed by atoms with Crippen molar-refractivity contribution in [2.75, 3.05) is 16.3 Å². The molecule has 0 spiro atoms. The largest absolute Gasteiger partial charge is 0.321 e. The molecule has 2 aromatic rings. The summed E-state index contributed by atoms with van der Waals surface area (Å²) in [6.45, 7) is 0. The third-order valence-corrected chi connectivity index (χ3v) is 3.08. The molecule has 1 aromatic carbocycles. The number of hydrogen-bond acceptors (Lipinski definition) is 5. The molecule has 7 nitrogen and oxygen atoms in total. The van der Waals surface area contributed by atoms with Gasteiger partial charge < -0.3 is 5.32 Å². The first-order valence-electron chi connectivity index (χ1n) is 5.70. The van der Waals surface area contributed by atoms with Crippen LogP contribution in [-0.4, -0.2) is 30.5 Å². The molecule has 9 heteroatoms. The van der Waals surface area contributed by atoms with E-state index >= 15 is 0 Å². The van der Waals surface area contributed by atoms with Crippen LogP contribution in [0.25, 0.3) is 0 Å². The molecule has 0 aliphatic heterocycles. The SMILES string of the molecule is CS(=O)(=O)Nc1cccc(NC(=O)c2cnc(Cl)cn2)c1. The van der Waals surface area contributed by atoms with Crippen molar-refractivity contribution < 1.29 is 13.2 Å². The fourth-order valence-electron chi connectivity index (χ4n) is 1.50. The fraction of sp³-hybridized carbons (Fsp3) is 0.0833. The van der Waals surface area contributed by atoms with Gasteiger partial charge in [0.25, 0.3) is 5.91 Å². The molecule has 110 valence electrons. The zero-order chi connectivity index (χ0) is 15.5. The molecule has 1 aromatic heterocycles. The smallest absolute Gasteiger partial charge is 0.275 e. The molecular weight excluding hydrogens is 316 g/mol. The molecule has 2 N–H and O–H groups in total. The van der Waals surface area contributed by atoms with Gasteiger partial charge in [0, 0.05) is 5.69 Å². The Labute approximate surface area is 126 Å². The second-order valence-electron chi connectivity index (χ2n) is 4.13. The average Bonchev–Trinajstić information content (AvgIpc) is 2.37.